The van der Waals surface area contributed by atoms with Crippen molar-refractivity contribution in [3.63, 3.8) is 0 Å². The van der Waals surface area contributed by atoms with E-state index in [0.717, 1.165) is 28.9 Å². The van der Waals surface area contributed by atoms with Crippen molar-refractivity contribution in [2.45, 2.75) is 117 Å². The molecule has 1 aromatic heterocycles. The fraction of sp³-hybridized carbons (Fsp3) is 0.436. The molecule has 0 saturated heterocycles. The minimum Gasteiger partial charge on any atom is -0.445 e. The summed E-state index contributed by atoms with van der Waals surface area (Å²) < 4.78 is 5.68. The topological polar surface area (TPSA) is 310 Å². The number of nitrogens with one attached hydrogen (secondary N) is 5. The molecule has 22 nitrogen and oxygen atoms in total. The average molecular weight is 1060 g/mol. The molecule has 2 atom stereocenters. The van der Waals surface area contributed by atoms with Crippen molar-refractivity contribution >= 4 is 82.6 Å². The Labute approximate surface area is 447 Å². The summed E-state index contributed by atoms with van der Waals surface area (Å²) in [6, 6.07) is 10.6. The van der Waals surface area contributed by atoms with Gasteiger partial charge in [0.25, 0.3) is 17.7 Å². The highest BCUT2D eigenvalue weighted by Crippen LogP contribution is 2.30. The third-order valence-corrected chi connectivity index (χ3v) is 13.0. The highest BCUT2D eigenvalue weighted by atomic mass is 16.6. The molecule has 77 heavy (non-hydrogen) atoms. The molecular weight excluding hydrogens is 989 g/mol. The van der Waals surface area contributed by atoms with E-state index in [9.17, 15) is 43.2 Å². The number of hydrogen-bond acceptors (Lipinski definition) is 13. The Kier molecular flexibility index (Phi) is 21.0. The molecule has 22 heteroatoms. The first kappa shape index (κ1) is 57.8. The quantitative estimate of drug-likeness (QED) is 0.0438. The predicted octanol–water partition coefficient (Wildman–Crippen LogP) is 4.95. The van der Waals surface area contributed by atoms with E-state index in [2.05, 4.69) is 36.6 Å². The van der Waals surface area contributed by atoms with Crippen molar-refractivity contribution in [3.8, 4) is 0 Å². The summed E-state index contributed by atoms with van der Waals surface area (Å²) in [7, 11) is 0. The van der Waals surface area contributed by atoms with Gasteiger partial charge in [0, 0.05) is 92.8 Å². The van der Waals surface area contributed by atoms with Gasteiger partial charge in [-0.2, -0.15) is 0 Å². The van der Waals surface area contributed by atoms with Crippen LogP contribution in [0.25, 0.3) is 6.08 Å². The number of rotatable bonds is 25. The number of carbonyl (C=O) groups is 9. The first-order valence-corrected chi connectivity index (χ1v) is 26.2. The number of carbonyl (C=O) groups excluding carboxylic acids is 9. The molecule has 0 spiro atoms. The van der Waals surface area contributed by atoms with Gasteiger partial charge in [0.1, 0.15) is 30.3 Å². The summed E-state index contributed by atoms with van der Waals surface area (Å²) >= 11 is 0. The molecule has 0 bridgehead atoms. The number of aromatic nitrogens is 1. The Morgan fingerprint density at radius 1 is 0.844 bits per heavy atom. The van der Waals surface area contributed by atoms with E-state index in [1.807, 2.05) is 18.7 Å². The van der Waals surface area contributed by atoms with Gasteiger partial charge in [-0.1, -0.05) is 52.3 Å². The number of imide groups is 1. The Balaban J connectivity index is 0.990. The van der Waals surface area contributed by atoms with Gasteiger partial charge in [-0.05, 0) is 104 Å². The highest BCUT2D eigenvalue weighted by Gasteiger charge is 2.30. The number of amides is 10. The minimum atomic E-state index is -1.06. The summed E-state index contributed by atoms with van der Waals surface area (Å²) in [6.07, 6.45) is 9.83. The lowest BCUT2D eigenvalue weighted by atomic mass is 10.0. The second kappa shape index (κ2) is 27.9. The number of ether oxygens (including phenoxy) is 1. The van der Waals surface area contributed by atoms with Gasteiger partial charge < -0.3 is 52.6 Å². The first-order chi connectivity index (χ1) is 36.9. The van der Waals surface area contributed by atoms with Crippen LogP contribution in [-0.2, 0) is 53.1 Å². The van der Waals surface area contributed by atoms with E-state index in [-0.39, 0.29) is 87.3 Å². The molecule has 10 amide bonds. The van der Waals surface area contributed by atoms with Crippen LogP contribution in [0.2, 0.25) is 0 Å². The Morgan fingerprint density at radius 2 is 1.57 bits per heavy atom. The van der Waals surface area contributed by atoms with Gasteiger partial charge in [-0.15, -0.1) is 0 Å². The second-order valence-electron chi connectivity index (χ2n) is 19.5. The number of aliphatic imine (C=N–C) groups is 1. The molecule has 3 aliphatic heterocycles. The SMILES string of the molecule is CCCN(CCC)C(=O)C1=Cc2ccc(C(=O)Nc3cc4c(cn3)CCN(C(=O)OCc3ccc(NC(=O)[C@H](CCCNC(N)=O)NC(=O)[C@@H](NC(=O)CCCCCN5C(=O)C=CC5=O)C(C)C)cc3)C4)cc2N=C(N)C1. The van der Waals surface area contributed by atoms with E-state index in [4.69, 9.17) is 16.2 Å². The number of nitrogens with two attached hydrogens (primary N) is 2. The lowest BCUT2D eigenvalue weighted by Crippen LogP contribution is -2.54. The van der Waals surface area contributed by atoms with Crippen LogP contribution < -0.4 is 38.1 Å². The Hall–Kier alpha value is -8.43. The van der Waals surface area contributed by atoms with Crippen LogP contribution in [0, 0.1) is 5.92 Å². The molecule has 3 aromatic rings. The molecule has 4 heterocycles. The van der Waals surface area contributed by atoms with Gasteiger partial charge in [0.2, 0.25) is 23.6 Å². The summed E-state index contributed by atoms with van der Waals surface area (Å²) in [5, 5.41) is 13.7. The maximum atomic E-state index is 13.7. The lowest BCUT2D eigenvalue weighted by Gasteiger charge is -2.28. The lowest BCUT2D eigenvalue weighted by molar-refractivity contribution is -0.137. The minimum absolute atomic E-state index is 0.0691. The van der Waals surface area contributed by atoms with Crippen LogP contribution in [0.5, 0.6) is 0 Å². The molecule has 3 aliphatic rings. The molecule has 2 aromatic carbocycles. The highest BCUT2D eigenvalue weighted by molar-refractivity contribution is 6.13. The van der Waals surface area contributed by atoms with Gasteiger partial charge in [0.05, 0.1) is 5.69 Å². The van der Waals surface area contributed by atoms with Crippen LogP contribution in [0.15, 0.2) is 77.4 Å². The molecular formula is C55H70N12O10. The van der Waals surface area contributed by atoms with E-state index in [1.54, 1.807) is 79.6 Å². The van der Waals surface area contributed by atoms with Crippen molar-refractivity contribution in [2.24, 2.45) is 22.4 Å². The maximum absolute atomic E-state index is 13.7. The summed E-state index contributed by atoms with van der Waals surface area (Å²) in [5.74, 6) is -2.50. The van der Waals surface area contributed by atoms with Crippen LogP contribution in [0.3, 0.4) is 0 Å². The van der Waals surface area contributed by atoms with Crippen LogP contribution in [0.4, 0.5) is 26.8 Å². The first-order valence-electron chi connectivity index (χ1n) is 26.2. The number of hydrogen-bond donors (Lipinski definition) is 7. The Morgan fingerprint density at radius 3 is 2.26 bits per heavy atom. The van der Waals surface area contributed by atoms with Crippen molar-refractivity contribution in [3.05, 3.63) is 100 Å². The van der Waals surface area contributed by atoms with E-state index < -0.39 is 41.9 Å². The number of urea groups is 1. The smallest absolute Gasteiger partial charge is 0.410 e. The molecule has 410 valence electrons. The predicted molar refractivity (Wildman–Crippen MR) is 289 cm³/mol. The Bertz CT molecular complexity index is 2770. The largest absolute Gasteiger partial charge is 0.445 e. The summed E-state index contributed by atoms with van der Waals surface area (Å²) in [4.78, 5) is 129. The average Bonchev–Trinajstić information content (AvgIpc) is 3.61. The summed E-state index contributed by atoms with van der Waals surface area (Å²) in [5.41, 5.74) is 16.2. The molecule has 6 rings (SSSR count). The van der Waals surface area contributed by atoms with Crippen LogP contribution >= 0.6 is 0 Å². The zero-order chi connectivity index (χ0) is 55.6. The number of anilines is 2. The number of benzene rings is 2. The molecule has 0 unspecified atom stereocenters. The molecule has 9 N–H and O–H groups in total. The van der Waals surface area contributed by atoms with Gasteiger partial charge in [-0.25, -0.2) is 19.6 Å². The normalized spacial score (nSPS) is 14.5. The number of nitrogens with zero attached hydrogens (tertiary/aromatic N) is 5. The van der Waals surface area contributed by atoms with Gasteiger partial charge >= 0.3 is 12.1 Å². The summed E-state index contributed by atoms with van der Waals surface area (Å²) in [6.45, 7) is 9.78. The fourth-order valence-electron chi connectivity index (χ4n) is 8.94. The fourth-order valence-corrected chi connectivity index (χ4v) is 8.94. The third-order valence-electron chi connectivity index (χ3n) is 13.0. The third kappa shape index (κ3) is 16.8. The van der Waals surface area contributed by atoms with Gasteiger partial charge in [0.15, 0.2) is 0 Å². The van der Waals surface area contributed by atoms with Crippen molar-refractivity contribution in [1.82, 2.24) is 35.6 Å². The molecule has 0 saturated carbocycles. The molecule has 0 fully saturated rings. The van der Waals surface area contributed by atoms with E-state index in [0.29, 0.717) is 84.8 Å². The number of primary amides is 1. The zero-order valence-electron chi connectivity index (χ0n) is 44.2. The van der Waals surface area contributed by atoms with Crippen LogP contribution in [0.1, 0.15) is 118 Å². The number of fused-ring (bicyclic) bond motifs is 2. The van der Waals surface area contributed by atoms with Gasteiger partial charge in [-0.3, -0.25) is 38.5 Å². The van der Waals surface area contributed by atoms with Crippen molar-refractivity contribution in [1.29, 1.82) is 0 Å². The molecule has 0 aliphatic carbocycles. The standard InChI is InChI=1S/C55H70N12O10/c1-5-23-65(24-6-2)53(74)39-27-36-15-16-37(28-43(36)61-44(56)29-39)50(71)63-45-30-40-32-66(26-21-38(40)31-59-45)55(76)77-33-35-13-17-41(18-14-35)60-51(72)42(11-10-22-58-54(57)75)62-52(73)49(34(3)4)64-46(68)12-8-7-9-25-67-47(69)19-20-48(67)70/h13-20,27-28,30-31,34,42,49H,5-12,21-26,29,32-33H2,1-4H3,(H2,56,61)(H,60,72)(H,62,73)(H,64,68)(H3,57,58,75)(H,59,63,71)/t42-,49-/m0/s1. The number of pyridine rings is 1. The van der Waals surface area contributed by atoms with Crippen LogP contribution in [-0.4, -0.2) is 124 Å². The van der Waals surface area contributed by atoms with E-state index in [1.165, 1.54) is 12.2 Å². The second-order valence-corrected chi connectivity index (χ2v) is 19.5. The number of amidine groups is 1. The number of unbranched alkanes of at least 4 members (excludes halogenated alkanes) is 2. The van der Waals surface area contributed by atoms with E-state index >= 15 is 0 Å². The van der Waals surface area contributed by atoms with Crippen molar-refractivity contribution in [2.75, 3.05) is 43.4 Å². The zero-order valence-corrected chi connectivity index (χ0v) is 44.2. The maximum Gasteiger partial charge on any atom is 0.410 e. The molecule has 0 radical (unpaired) electrons. The van der Waals surface area contributed by atoms with Crippen molar-refractivity contribution < 1.29 is 47.9 Å². The monoisotopic (exact) mass is 1060 g/mol.